The number of nitrogens with two attached hydrogens (primary N) is 1. The number of amides is 1. The first kappa shape index (κ1) is 38.5. The predicted octanol–water partition coefficient (Wildman–Crippen LogP) is 5.51. The molecule has 0 radical (unpaired) electrons. The number of hydrogen-bond acceptors (Lipinski definition) is 7. The second kappa shape index (κ2) is 16.9. The fourth-order valence-electron chi connectivity index (χ4n) is 5.29. The molecule has 18 heteroatoms. The van der Waals surface area contributed by atoms with E-state index in [1.807, 2.05) is 0 Å². The number of pyridine rings is 1. The second-order valence-corrected chi connectivity index (χ2v) is 14.0. The number of aliphatic imine (C=N–C) groups is 1. The Hall–Kier alpha value is -3.00. The summed E-state index contributed by atoms with van der Waals surface area (Å²) in [6.45, 7) is 0.503. The summed E-state index contributed by atoms with van der Waals surface area (Å²) >= 11 is 4.25. The van der Waals surface area contributed by atoms with Gasteiger partial charge in [-0.15, -0.1) is 0 Å². The topological polar surface area (TPSA) is 119 Å². The van der Waals surface area contributed by atoms with Gasteiger partial charge in [-0.25, -0.2) is 26.9 Å². The van der Waals surface area contributed by atoms with Gasteiger partial charge in [0.25, 0.3) is 6.43 Å². The molecule has 3 aliphatic rings. The van der Waals surface area contributed by atoms with Crippen LogP contribution in [0.25, 0.3) is 0 Å². The molecule has 3 heterocycles. The van der Waals surface area contributed by atoms with Crippen LogP contribution in [0.2, 0.25) is 5.02 Å². The highest BCUT2D eigenvalue weighted by Crippen LogP contribution is 2.33. The lowest BCUT2D eigenvalue weighted by molar-refractivity contribution is -0.162. The van der Waals surface area contributed by atoms with Gasteiger partial charge in [-0.05, 0) is 44.1 Å². The highest BCUT2D eigenvalue weighted by atomic mass is 35.5. The van der Waals surface area contributed by atoms with E-state index in [-0.39, 0.29) is 28.8 Å². The molecule has 2 aliphatic heterocycles. The molecule has 0 bridgehead atoms. The lowest BCUT2D eigenvalue weighted by Gasteiger charge is -2.22. The van der Waals surface area contributed by atoms with E-state index < -0.39 is 64.2 Å². The minimum absolute atomic E-state index is 0.0493. The number of halogens is 9. The zero-order valence-electron chi connectivity index (χ0n) is 25.4. The van der Waals surface area contributed by atoms with Gasteiger partial charge in [-0.3, -0.25) is 9.59 Å². The first-order valence-corrected chi connectivity index (χ1v) is 16.7. The number of Topliss-reactive ketones (excluding diaryl/α,β-unsaturated/α-hetero) is 1. The van der Waals surface area contributed by atoms with E-state index in [9.17, 15) is 44.7 Å². The van der Waals surface area contributed by atoms with E-state index >= 15 is 0 Å². The van der Waals surface area contributed by atoms with Gasteiger partial charge in [0.05, 0.1) is 10.6 Å². The summed E-state index contributed by atoms with van der Waals surface area (Å²) in [5.41, 5.74) is 5.80. The maximum atomic E-state index is 12.6. The van der Waals surface area contributed by atoms with E-state index in [0.29, 0.717) is 20.4 Å². The van der Waals surface area contributed by atoms with Crippen LogP contribution in [-0.2, 0) is 11.3 Å². The maximum Gasteiger partial charge on any atom is 0.446 e. The zero-order valence-corrected chi connectivity index (χ0v) is 27.3. The third-order valence-corrected chi connectivity index (χ3v) is 11.2. The van der Waals surface area contributed by atoms with Crippen LogP contribution in [0.5, 0.6) is 5.88 Å². The van der Waals surface area contributed by atoms with Crippen molar-refractivity contribution in [2.45, 2.75) is 77.3 Å². The molecule has 1 unspecified atom stereocenters. The summed E-state index contributed by atoms with van der Waals surface area (Å²) in [6, 6.07) is 2.15. The summed E-state index contributed by atoms with van der Waals surface area (Å²) in [5.74, 6) is -0.954. The first-order chi connectivity index (χ1) is 22.1. The molecule has 5 rings (SSSR count). The van der Waals surface area contributed by atoms with Crippen LogP contribution in [0.4, 0.5) is 46.6 Å². The van der Waals surface area contributed by atoms with Crippen LogP contribution in [0.15, 0.2) is 23.2 Å². The average molecular weight is 714 g/mol. The number of benzene rings is 1. The quantitative estimate of drug-likeness (QED) is 0.189. The first-order valence-electron chi connectivity index (χ1n) is 14.6. The Morgan fingerprint density at radius 3 is 2.36 bits per heavy atom. The molecule has 8 nitrogen and oxygen atoms in total. The van der Waals surface area contributed by atoms with E-state index in [0.717, 1.165) is 36.0 Å². The third kappa shape index (κ3) is 9.77. The number of carbonyl (C=O) groups excluding carboxylic acids is 2. The van der Waals surface area contributed by atoms with Gasteiger partial charge in [0.2, 0.25) is 18.7 Å². The predicted molar refractivity (Wildman–Crippen MR) is 163 cm³/mol. The summed E-state index contributed by atoms with van der Waals surface area (Å²) in [6.07, 6.45) is -2.98. The van der Waals surface area contributed by atoms with Crippen LogP contribution in [0.3, 0.4) is 0 Å². The minimum atomic E-state index is -4.88. The van der Waals surface area contributed by atoms with Crippen molar-refractivity contribution < 1.29 is 49.4 Å². The number of carbonyl (C=O) groups is 2. The van der Waals surface area contributed by atoms with Gasteiger partial charge >= 0.3 is 20.3 Å². The number of amidine groups is 1. The number of nitrogens with one attached hydrogen (secondary N) is 2. The van der Waals surface area contributed by atoms with Crippen molar-refractivity contribution in [2.75, 3.05) is 18.9 Å². The van der Waals surface area contributed by atoms with Gasteiger partial charge in [0, 0.05) is 16.9 Å². The van der Waals surface area contributed by atoms with E-state index in [1.54, 1.807) is 12.1 Å². The Labute approximate surface area is 274 Å². The van der Waals surface area contributed by atoms with Gasteiger partial charge < -0.3 is 21.1 Å². The van der Waals surface area contributed by atoms with Crippen LogP contribution in [-0.4, -0.2) is 73.9 Å². The number of hydrogen-bond donors (Lipinski definition) is 3. The molecule has 1 aliphatic carbocycles. The number of aromatic nitrogens is 1. The number of fused-ring (bicyclic) bond motifs is 5. The number of rotatable bonds is 8. The number of alkyl halides is 8. The highest BCUT2D eigenvalue weighted by Gasteiger charge is 2.45. The number of nitrogens with zero attached hydrogens (tertiary/aromatic N) is 2. The molecule has 2 aromatic rings. The standard InChI is InChI=1S/C20H16ClF5N5O3.C8H15F.CH2F2.Al/c1-10(32)12-5-6-15(31-19(12)34-8-14(22)23)30-9-29-13-4-2-3-11(16(13)21)7-28-18(33)17(27)20(24,25)26;1-2-7-3-5-8(9)6-4-7;2-1-3;/h2-3,5,14,17H,7-8,27H2,1H3,(H,28,33)(H,29,30,31);7-8H,2-6H2,1H3;1H2;. The number of anilines is 1. The third-order valence-electron chi connectivity index (χ3n) is 7.79. The maximum absolute atomic E-state index is 12.6. The molecule has 1 amide bonds. The van der Waals surface area contributed by atoms with Crippen molar-refractivity contribution in [3.05, 3.63) is 34.3 Å². The Kier molecular flexibility index (Phi) is 13.8. The lowest BCUT2D eigenvalue weighted by atomic mass is 9.87. The second-order valence-electron chi connectivity index (χ2n) is 10.9. The van der Waals surface area contributed by atoms with Crippen molar-refractivity contribution in [3.8, 4) is 5.88 Å². The number of ether oxygens (including phenoxy) is 1. The van der Waals surface area contributed by atoms with E-state index in [1.165, 1.54) is 19.4 Å². The fraction of sp³-hybridized carbons (Fsp3) is 0.517. The van der Waals surface area contributed by atoms with Crippen molar-refractivity contribution in [3.63, 3.8) is 0 Å². The molecule has 1 aromatic heterocycles. The highest BCUT2D eigenvalue weighted by molar-refractivity contribution is 7.14. The molecule has 0 saturated heterocycles. The minimum Gasteiger partial charge on any atom is -0.471 e. The normalized spacial score (nSPS) is 18.3. The summed E-state index contributed by atoms with van der Waals surface area (Å²) in [5, 5.41) is 5.39. The molecular formula is C29H33AlClF8N5O3. The summed E-state index contributed by atoms with van der Waals surface area (Å²) in [7, 11) is 0. The monoisotopic (exact) mass is 713 g/mol. The van der Waals surface area contributed by atoms with Crippen LogP contribution < -0.4 is 30.0 Å². The van der Waals surface area contributed by atoms with Gasteiger partial charge in [0.15, 0.2) is 18.4 Å². The van der Waals surface area contributed by atoms with Crippen molar-refractivity contribution in [1.29, 1.82) is 0 Å². The Balaban J connectivity index is 0.000000422. The molecule has 4 N–H and O–H groups in total. The van der Waals surface area contributed by atoms with Crippen LogP contribution in [0, 0.1) is 5.92 Å². The SMILES string of the molecule is CC(=O)c1c[c]2c(nc1OCC(F)F)N=[C]1Nc3[c](ccc(CNC(=O)C(N)C(F)(F)F)c3Cl)[Al]12.CCC1CCC(F)CC1.FCF. The van der Waals surface area contributed by atoms with Gasteiger partial charge in [0.1, 0.15) is 12.0 Å². The zero-order chi connectivity index (χ0) is 35.1. The van der Waals surface area contributed by atoms with Crippen molar-refractivity contribution in [1.82, 2.24) is 10.3 Å². The molecule has 0 spiro atoms. The lowest BCUT2D eigenvalue weighted by Crippen LogP contribution is -2.49. The fourth-order valence-corrected chi connectivity index (χ4v) is 8.64. The molecule has 47 heavy (non-hydrogen) atoms. The molecule has 1 atom stereocenters. The van der Waals surface area contributed by atoms with Crippen LogP contribution >= 0.6 is 11.6 Å². The van der Waals surface area contributed by atoms with Gasteiger partial charge in [-0.1, -0.05) is 52.0 Å². The molecule has 258 valence electrons. The van der Waals surface area contributed by atoms with Gasteiger partial charge in [-0.2, -0.15) is 18.2 Å². The van der Waals surface area contributed by atoms with E-state index in [2.05, 4.69) is 27.5 Å². The molecule has 1 aromatic carbocycles. The van der Waals surface area contributed by atoms with Crippen molar-refractivity contribution >= 4 is 62.5 Å². The largest absolute Gasteiger partial charge is 0.471 e. The molecular weight excluding hydrogens is 681 g/mol. The Morgan fingerprint density at radius 1 is 1.17 bits per heavy atom. The Morgan fingerprint density at radius 2 is 1.81 bits per heavy atom. The smallest absolute Gasteiger partial charge is 0.446 e. The average Bonchev–Trinajstić information content (AvgIpc) is 3.55. The summed E-state index contributed by atoms with van der Waals surface area (Å²) < 4.78 is 102. The van der Waals surface area contributed by atoms with Crippen molar-refractivity contribution in [2.24, 2.45) is 16.6 Å². The number of ketones is 1. The summed E-state index contributed by atoms with van der Waals surface area (Å²) in [4.78, 5) is 32.4. The molecule has 1 fully saturated rings. The van der Waals surface area contributed by atoms with E-state index in [4.69, 9.17) is 22.1 Å². The Bertz CT molecular complexity index is 1460. The van der Waals surface area contributed by atoms with Crippen LogP contribution in [0.1, 0.15) is 61.9 Å². The molecule has 1 saturated carbocycles.